The molecule has 0 amide bonds. The van der Waals surface area contributed by atoms with Gasteiger partial charge in [-0.25, -0.2) is 8.42 Å². The van der Waals surface area contributed by atoms with Gasteiger partial charge in [-0.3, -0.25) is 14.4 Å². The van der Waals surface area contributed by atoms with Crippen LogP contribution in [0.2, 0.25) is 0 Å². The number of aliphatic hydroxyl groups is 2. The fourth-order valence-electron chi connectivity index (χ4n) is 8.69. The molecular formula is C30H38O8S. The van der Waals surface area contributed by atoms with E-state index in [0.717, 1.165) is 18.4 Å². The zero-order chi connectivity index (χ0) is 28.2. The van der Waals surface area contributed by atoms with Crippen LogP contribution < -0.4 is 0 Å². The molecule has 0 radical (unpaired) electrons. The molecule has 0 aliphatic heterocycles. The SMILES string of the molecule is C[C@]12CCC(=O)C=C1CC[C@@H]1[C@@H]2C(O)C[C@@]2(C)[C@H]1CC[C@]2(OC(=O)CCS(=O)(=O)c1ccccc1)C(=O)CO. The third-order valence-electron chi connectivity index (χ3n) is 10.6. The van der Waals surface area contributed by atoms with Gasteiger partial charge in [-0.05, 0) is 79.9 Å². The van der Waals surface area contributed by atoms with E-state index in [2.05, 4.69) is 6.92 Å². The lowest BCUT2D eigenvalue weighted by molar-refractivity contribution is -0.202. The Bertz CT molecular complexity index is 1300. The first-order valence-electron chi connectivity index (χ1n) is 13.9. The van der Waals surface area contributed by atoms with Crippen molar-refractivity contribution < 1.29 is 37.8 Å². The average Bonchev–Trinajstić information content (AvgIpc) is 3.19. The average molecular weight is 559 g/mol. The number of ketones is 2. The zero-order valence-corrected chi connectivity index (χ0v) is 23.4. The number of esters is 1. The molecule has 0 heterocycles. The smallest absolute Gasteiger partial charge is 0.307 e. The molecule has 3 saturated carbocycles. The topological polar surface area (TPSA) is 135 Å². The van der Waals surface area contributed by atoms with Crippen molar-refractivity contribution in [2.75, 3.05) is 12.4 Å². The highest BCUT2D eigenvalue weighted by Gasteiger charge is 2.70. The minimum atomic E-state index is -3.72. The summed E-state index contributed by atoms with van der Waals surface area (Å²) in [6.45, 7) is 3.21. The summed E-state index contributed by atoms with van der Waals surface area (Å²) in [5.74, 6) is -1.78. The molecular weight excluding hydrogens is 520 g/mol. The molecule has 4 aliphatic rings. The summed E-state index contributed by atoms with van der Waals surface area (Å²) >= 11 is 0. The Balaban J connectivity index is 1.41. The lowest BCUT2D eigenvalue weighted by atomic mass is 9.45. The lowest BCUT2D eigenvalue weighted by Crippen LogP contribution is -2.63. The second-order valence-corrected chi connectivity index (χ2v) is 14.5. The third kappa shape index (κ3) is 4.41. The molecule has 8 nitrogen and oxygen atoms in total. The first kappa shape index (κ1) is 28.2. The van der Waals surface area contributed by atoms with Gasteiger partial charge in [0, 0.05) is 11.8 Å². The van der Waals surface area contributed by atoms with Gasteiger partial charge in [0.25, 0.3) is 0 Å². The minimum absolute atomic E-state index is 0.0294. The summed E-state index contributed by atoms with van der Waals surface area (Å²) in [7, 11) is -3.72. The normalized spacial score (nSPS) is 37.7. The van der Waals surface area contributed by atoms with Gasteiger partial charge in [-0.1, -0.05) is 37.6 Å². The number of Topliss-reactive ketones (excluding diaryl/α,β-unsaturated/α-hetero) is 1. The first-order chi connectivity index (χ1) is 18.4. The van der Waals surface area contributed by atoms with E-state index in [4.69, 9.17) is 4.74 Å². The van der Waals surface area contributed by atoms with Crippen molar-refractivity contribution in [3.63, 3.8) is 0 Å². The lowest BCUT2D eigenvalue weighted by Gasteiger charge is -2.60. The Labute approximate surface area is 229 Å². The Kier molecular flexibility index (Phi) is 7.17. The van der Waals surface area contributed by atoms with Gasteiger partial charge in [0.15, 0.2) is 21.2 Å². The number of ether oxygens (including phenoxy) is 1. The maximum absolute atomic E-state index is 13.4. The van der Waals surface area contributed by atoms with E-state index < -0.39 is 57.5 Å². The maximum atomic E-state index is 13.4. The van der Waals surface area contributed by atoms with Crippen molar-refractivity contribution in [3.8, 4) is 0 Å². The van der Waals surface area contributed by atoms with Crippen LogP contribution in [0.3, 0.4) is 0 Å². The van der Waals surface area contributed by atoms with Crippen LogP contribution in [0.1, 0.15) is 65.2 Å². The third-order valence-corrected chi connectivity index (χ3v) is 12.3. The molecule has 1 aromatic rings. The van der Waals surface area contributed by atoms with Crippen molar-refractivity contribution in [2.45, 2.75) is 81.8 Å². The molecule has 212 valence electrons. The van der Waals surface area contributed by atoms with Crippen LogP contribution >= 0.6 is 0 Å². The second-order valence-electron chi connectivity index (χ2n) is 12.4. The predicted octanol–water partition coefficient (Wildman–Crippen LogP) is 3.20. The maximum Gasteiger partial charge on any atom is 0.307 e. The van der Waals surface area contributed by atoms with Crippen LogP contribution in [-0.4, -0.2) is 60.2 Å². The molecule has 7 atom stereocenters. The number of fused-ring (bicyclic) bond motifs is 5. The van der Waals surface area contributed by atoms with Gasteiger partial charge in [0.05, 0.1) is 23.2 Å². The molecule has 0 aromatic heterocycles. The van der Waals surface area contributed by atoms with E-state index in [1.165, 1.54) is 12.1 Å². The summed E-state index contributed by atoms with van der Waals surface area (Å²) in [5.41, 5.74) is -1.74. The molecule has 1 unspecified atom stereocenters. The molecule has 9 heteroatoms. The van der Waals surface area contributed by atoms with E-state index in [-0.39, 0.29) is 46.7 Å². The van der Waals surface area contributed by atoms with Gasteiger partial charge in [0.1, 0.15) is 6.61 Å². The summed E-state index contributed by atoms with van der Waals surface area (Å²) in [6, 6.07) is 7.85. The quantitative estimate of drug-likeness (QED) is 0.487. The van der Waals surface area contributed by atoms with Crippen LogP contribution in [0.25, 0.3) is 0 Å². The number of carbonyl (C=O) groups is 3. The molecule has 0 spiro atoms. The van der Waals surface area contributed by atoms with Crippen molar-refractivity contribution in [1.29, 1.82) is 0 Å². The van der Waals surface area contributed by atoms with E-state index in [1.54, 1.807) is 24.3 Å². The van der Waals surface area contributed by atoms with Crippen LogP contribution in [-0.2, 0) is 29.0 Å². The largest absolute Gasteiger partial charge is 0.450 e. The monoisotopic (exact) mass is 558 g/mol. The summed E-state index contributed by atoms with van der Waals surface area (Å²) in [4.78, 5) is 38.8. The fraction of sp³-hybridized carbons (Fsp3) is 0.633. The van der Waals surface area contributed by atoms with Crippen molar-refractivity contribution in [1.82, 2.24) is 0 Å². The summed E-state index contributed by atoms with van der Waals surface area (Å²) in [6.07, 6.45) is 4.26. The minimum Gasteiger partial charge on any atom is -0.450 e. The van der Waals surface area contributed by atoms with Crippen LogP contribution in [0, 0.1) is 28.6 Å². The molecule has 4 aliphatic carbocycles. The Morgan fingerprint density at radius 2 is 1.79 bits per heavy atom. The highest BCUT2D eigenvalue weighted by Crippen LogP contribution is 2.68. The zero-order valence-electron chi connectivity index (χ0n) is 22.6. The van der Waals surface area contributed by atoms with Crippen LogP contribution in [0.15, 0.2) is 46.9 Å². The Morgan fingerprint density at radius 3 is 2.49 bits per heavy atom. The number of benzene rings is 1. The van der Waals surface area contributed by atoms with E-state index >= 15 is 0 Å². The van der Waals surface area contributed by atoms with Gasteiger partial charge in [-0.15, -0.1) is 0 Å². The van der Waals surface area contributed by atoms with E-state index in [0.29, 0.717) is 19.3 Å². The van der Waals surface area contributed by atoms with Crippen molar-refractivity contribution >= 4 is 27.4 Å². The molecule has 0 saturated heterocycles. The standard InChI is InChI=1S/C30H38O8S/c1-28-13-10-20(32)16-19(28)8-9-22-23-11-14-30(25(34)18-31,29(23,2)17-24(33)27(22)28)38-26(35)12-15-39(36,37)21-6-4-3-5-7-21/h3-7,16,22-24,27,31,33H,8-15,17-18H2,1-2H3/t22-,23-,24?,27+,28-,29-,30-/m0/s1. The Hall–Kier alpha value is -2.36. The number of rotatable bonds is 7. The molecule has 3 fully saturated rings. The molecule has 1 aromatic carbocycles. The number of sulfone groups is 1. The summed E-state index contributed by atoms with van der Waals surface area (Å²) < 4.78 is 31.4. The van der Waals surface area contributed by atoms with Gasteiger partial charge < -0.3 is 14.9 Å². The highest BCUT2D eigenvalue weighted by molar-refractivity contribution is 7.91. The van der Waals surface area contributed by atoms with Crippen LogP contribution in [0.5, 0.6) is 0 Å². The van der Waals surface area contributed by atoms with E-state index in [1.807, 2.05) is 6.92 Å². The number of hydrogen-bond acceptors (Lipinski definition) is 8. The second kappa shape index (κ2) is 9.93. The molecule has 39 heavy (non-hydrogen) atoms. The van der Waals surface area contributed by atoms with Gasteiger partial charge in [-0.2, -0.15) is 0 Å². The molecule has 0 bridgehead atoms. The number of carbonyl (C=O) groups excluding carboxylic acids is 3. The van der Waals surface area contributed by atoms with Crippen LogP contribution in [0.4, 0.5) is 0 Å². The predicted molar refractivity (Wildman–Crippen MR) is 142 cm³/mol. The van der Waals surface area contributed by atoms with Gasteiger partial charge in [0.2, 0.25) is 5.78 Å². The van der Waals surface area contributed by atoms with E-state index in [9.17, 15) is 33.0 Å². The first-order valence-corrected chi connectivity index (χ1v) is 15.6. The number of aliphatic hydroxyl groups excluding tert-OH is 2. The number of allylic oxidation sites excluding steroid dienone is 1. The van der Waals surface area contributed by atoms with Gasteiger partial charge >= 0.3 is 5.97 Å². The van der Waals surface area contributed by atoms with Crippen molar-refractivity contribution in [3.05, 3.63) is 42.0 Å². The van der Waals surface area contributed by atoms with Crippen molar-refractivity contribution in [2.24, 2.45) is 28.6 Å². The molecule has 2 N–H and O–H groups in total. The highest BCUT2D eigenvalue weighted by atomic mass is 32.2. The Morgan fingerprint density at radius 1 is 1.08 bits per heavy atom. The molecule has 5 rings (SSSR count). The fourth-order valence-corrected chi connectivity index (χ4v) is 9.94. The number of hydrogen-bond donors (Lipinski definition) is 2. The summed E-state index contributed by atoms with van der Waals surface area (Å²) in [5, 5.41) is 21.6.